The second kappa shape index (κ2) is 3.57. The van der Waals surface area contributed by atoms with Crippen LogP contribution in [0, 0.1) is 6.92 Å². The number of hydrogen-bond donors (Lipinski definition) is 1. The van der Waals surface area contributed by atoms with E-state index in [2.05, 4.69) is 17.2 Å². The Labute approximate surface area is 100 Å². The number of rotatable bonds is 2. The summed E-state index contributed by atoms with van der Waals surface area (Å²) in [4.78, 5) is 5.51. The number of nitrogens with zero attached hydrogens (tertiary/aromatic N) is 3. The maximum absolute atomic E-state index is 9.39. The van der Waals surface area contributed by atoms with Gasteiger partial charge in [-0.05, 0) is 19.9 Å². The van der Waals surface area contributed by atoms with E-state index in [4.69, 9.17) is 4.84 Å². The van der Waals surface area contributed by atoms with Gasteiger partial charge in [-0.3, -0.25) is 4.68 Å². The molecule has 0 unspecified atom stereocenters. The van der Waals surface area contributed by atoms with E-state index >= 15 is 0 Å². The van der Waals surface area contributed by atoms with Gasteiger partial charge in [0.2, 0.25) is 0 Å². The Hall–Kier alpha value is -1.36. The van der Waals surface area contributed by atoms with Crippen molar-refractivity contribution >= 4 is 5.71 Å². The molecule has 0 saturated heterocycles. The highest BCUT2D eigenvalue weighted by Gasteiger charge is 2.50. The average Bonchev–Trinajstić information content (AvgIpc) is 2.81. The summed E-state index contributed by atoms with van der Waals surface area (Å²) in [7, 11) is 0. The average molecular weight is 235 g/mol. The smallest absolute Gasteiger partial charge is 0.148 e. The molecule has 2 heterocycles. The fraction of sp³-hybridized carbons (Fsp3) is 0.667. The molecule has 0 aromatic carbocycles. The van der Waals surface area contributed by atoms with Crippen molar-refractivity contribution in [3.05, 3.63) is 17.5 Å². The van der Waals surface area contributed by atoms with Crippen molar-refractivity contribution < 1.29 is 9.94 Å². The third-order valence-electron chi connectivity index (χ3n) is 3.55. The lowest BCUT2D eigenvalue weighted by molar-refractivity contribution is -0.137. The number of oxime groups is 1. The van der Waals surface area contributed by atoms with Crippen LogP contribution in [0.5, 0.6) is 0 Å². The van der Waals surface area contributed by atoms with Gasteiger partial charge >= 0.3 is 0 Å². The molecule has 1 saturated carbocycles. The molecule has 0 radical (unpaired) electrons. The fourth-order valence-electron chi connectivity index (χ4n) is 2.70. The lowest BCUT2D eigenvalue weighted by Gasteiger charge is -2.39. The zero-order valence-corrected chi connectivity index (χ0v) is 10.2. The summed E-state index contributed by atoms with van der Waals surface area (Å²) in [5, 5.41) is 18.0. The monoisotopic (exact) mass is 235 g/mol. The molecule has 2 aliphatic rings. The summed E-state index contributed by atoms with van der Waals surface area (Å²) in [6.45, 7) is 4.88. The summed E-state index contributed by atoms with van der Waals surface area (Å²) in [6.07, 6.45) is 1.95. The van der Waals surface area contributed by atoms with E-state index in [1.807, 2.05) is 17.7 Å². The molecular formula is C12H17N3O2. The molecule has 0 bridgehead atoms. The summed E-state index contributed by atoms with van der Waals surface area (Å²) in [5.74, 6) is 0. The first-order valence-electron chi connectivity index (χ1n) is 6.10. The highest BCUT2D eigenvalue weighted by molar-refractivity contribution is 6.00. The molecule has 1 aliphatic heterocycles. The molecule has 17 heavy (non-hydrogen) atoms. The van der Waals surface area contributed by atoms with Gasteiger partial charge in [0.25, 0.3) is 0 Å². The quantitative estimate of drug-likeness (QED) is 0.838. The molecule has 3 rings (SSSR count). The maximum atomic E-state index is 9.39. The van der Waals surface area contributed by atoms with Gasteiger partial charge in [0.05, 0.1) is 17.5 Å². The van der Waals surface area contributed by atoms with Crippen LogP contribution in [0.3, 0.4) is 0 Å². The summed E-state index contributed by atoms with van der Waals surface area (Å²) >= 11 is 0. The number of aryl methyl sites for hydroxylation is 2. The Morgan fingerprint density at radius 2 is 2.35 bits per heavy atom. The van der Waals surface area contributed by atoms with Crippen LogP contribution in [0.4, 0.5) is 0 Å². The van der Waals surface area contributed by atoms with Crippen molar-refractivity contribution in [3.63, 3.8) is 0 Å². The van der Waals surface area contributed by atoms with Gasteiger partial charge in [0, 0.05) is 25.8 Å². The highest BCUT2D eigenvalue weighted by Crippen LogP contribution is 2.43. The standard InChI is InChI=1S/C12H17N3O2/c1-3-15-11(4-8(2)13-15)10-7-12(17-14-10)5-9(16)6-12/h4,9,16H,3,5-7H2,1-2H3. The molecule has 1 spiro atoms. The minimum absolute atomic E-state index is 0.220. The lowest BCUT2D eigenvalue weighted by Crippen LogP contribution is -2.47. The van der Waals surface area contributed by atoms with E-state index in [1.54, 1.807) is 0 Å². The van der Waals surface area contributed by atoms with E-state index in [1.165, 1.54) is 0 Å². The third kappa shape index (κ3) is 1.65. The van der Waals surface area contributed by atoms with Gasteiger partial charge in [-0.15, -0.1) is 0 Å². The van der Waals surface area contributed by atoms with E-state index in [9.17, 15) is 5.11 Å². The van der Waals surface area contributed by atoms with Crippen molar-refractivity contribution in [1.82, 2.24) is 9.78 Å². The van der Waals surface area contributed by atoms with Gasteiger partial charge in [-0.1, -0.05) is 5.16 Å². The predicted octanol–water partition coefficient (Wildman–Crippen LogP) is 1.23. The van der Waals surface area contributed by atoms with Crippen LogP contribution in [0.1, 0.15) is 37.6 Å². The molecular weight excluding hydrogens is 218 g/mol. The zero-order chi connectivity index (χ0) is 12.0. The highest BCUT2D eigenvalue weighted by atomic mass is 16.7. The van der Waals surface area contributed by atoms with Crippen LogP contribution in [0.2, 0.25) is 0 Å². The molecule has 0 atom stereocenters. The Morgan fingerprint density at radius 3 is 3.00 bits per heavy atom. The van der Waals surface area contributed by atoms with E-state index in [-0.39, 0.29) is 11.7 Å². The molecule has 5 heteroatoms. The molecule has 1 aliphatic carbocycles. The second-order valence-corrected chi connectivity index (χ2v) is 5.04. The van der Waals surface area contributed by atoms with E-state index < -0.39 is 0 Å². The third-order valence-corrected chi connectivity index (χ3v) is 3.55. The van der Waals surface area contributed by atoms with Gasteiger partial charge in [-0.2, -0.15) is 5.10 Å². The van der Waals surface area contributed by atoms with Gasteiger partial charge in [-0.25, -0.2) is 0 Å². The maximum Gasteiger partial charge on any atom is 0.148 e. The first-order chi connectivity index (χ1) is 8.12. The van der Waals surface area contributed by atoms with E-state index in [0.29, 0.717) is 12.8 Å². The van der Waals surface area contributed by atoms with Crippen molar-refractivity contribution in [2.75, 3.05) is 0 Å². The predicted molar refractivity (Wildman–Crippen MR) is 62.8 cm³/mol. The largest absolute Gasteiger partial charge is 0.393 e. The van der Waals surface area contributed by atoms with Crippen LogP contribution < -0.4 is 0 Å². The number of hydrogen-bond acceptors (Lipinski definition) is 4. The Balaban J connectivity index is 1.82. The minimum atomic E-state index is -0.231. The van der Waals surface area contributed by atoms with Crippen LogP contribution in [-0.2, 0) is 11.4 Å². The second-order valence-electron chi connectivity index (χ2n) is 5.04. The number of aliphatic hydroxyl groups excluding tert-OH is 1. The summed E-state index contributed by atoms with van der Waals surface area (Å²) in [6, 6.07) is 2.04. The number of aromatic nitrogens is 2. The molecule has 1 N–H and O–H groups in total. The van der Waals surface area contributed by atoms with E-state index in [0.717, 1.165) is 30.1 Å². The molecule has 1 aromatic rings. The van der Waals surface area contributed by atoms with Crippen molar-refractivity contribution in [2.45, 2.75) is 51.4 Å². The molecule has 0 amide bonds. The van der Waals surface area contributed by atoms with Crippen molar-refractivity contribution in [3.8, 4) is 0 Å². The van der Waals surface area contributed by atoms with Crippen LogP contribution in [-0.4, -0.2) is 32.3 Å². The number of aliphatic hydroxyl groups is 1. The molecule has 1 fully saturated rings. The first kappa shape index (κ1) is 10.8. The summed E-state index contributed by atoms with van der Waals surface area (Å²) in [5.41, 5.74) is 2.77. The fourth-order valence-corrected chi connectivity index (χ4v) is 2.70. The first-order valence-corrected chi connectivity index (χ1v) is 6.10. The van der Waals surface area contributed by atoms with Crippen LogP contribution in [0.25, 0.3) is 0 Å². The summed E-state index contributed by atoms with van der Waals surface area (Å²) < 4.78 is 1.95. The lowest BCUT2D eigenvalue weighted by atomic mass is 9.74. The van der Waals surface area contributed by atoms with Crippen molar-refractivity contribution in [2.24, 2.45) is 5.16 Å². The van der Waals surface area contributed by atoms with Crippen molar-refractivity contribution in [1.29, 1.82) is 0 Å². The van der Waals surface area contributed by atoms with Gasteiger partial charge in [0.15, 0.2) is 0 Å². The van der Waals surface area contributed by atoms with Crippen LogP contribution >= 0.6 is 0 Å². The molecule has 1 aromatic heterocycles. The Bertz CT molecular complexity index is 472. The van der Waals surface area contributed by atoms with Gasteiger partial charge < -0.3 is 9.94 Å². The topological polar surface area (TPSA) is 59.6 Å². The SMILES string of the molecule is CCn1nc(C)cc1C1=NOC2(C1)CC(O)C2. The molecule has 5 nitrogen and oxygen atoms in total. The van der Waals surface area contributed by atoms with Crippen LogP contribution in [0.15, 0.2) is 11.2 Å². The Kier molecular flexibility index (Phi) is 2.26. The Morgan fingerprint density at radius 1 is 1.59 bits per heavy atom. The zero-order valence-electron chi connectivity index (χ0n) is 10.2. The van der Waals surface area contributed by atoms with Gasteiger partial charge in [0.1, 0.15) is 11.3 Å². The normalized spacial score (nSPS) is 31.2. The minimum Gasteiger partial charge on any atom is -0.393 e. The molecule has 92 valence electrons.